The van der Waals surface area contributed by atoms with E-state index in [-0.39, 0.29) is 12.2 Å². The molecule has 1 amide bonds. The smallest absolute Gasteiger partial charge is 0.326 e. The van der Waals surface area contributed by atoms with Gasteiger partial charge < -0.3 is 14.9 Å². The fourth-order valence-electron chi connectivity index (χ4n) is 1.78. The Morgan fingerprint density at radius 3 is 2.60 bits per heavy atom. The molecular formula is C14H14N2O4. The second kappa shape index (κ2) is 6.01. The molecule has 104 valence electrons. The Kier molecular flexibility index (Phi) is 4.14. The highest BCUT2D eigenvalue weighted by atomic mass is 16.5. The van der Waals surface area contributed by atoms with Gasteiger partial charge in [-0.3, -0.25) is 4.79 Å². The van der Waals surface area contributed by atoms with Crippen molar-refractivity contribution < 1.29 is 19.2 Å². The molecule has 2 aromatic rings. The lowest BCUT2D eigenvalue weighted by Crippen LogP contribution is -2.42. The van der Waals surface area contributed by atoms with E-state index in [1.807, 2.05) is 30.3 Å². The van der Waals surface area contributed by atoms with Crippen LogP contribution in [0.5, 0.6) is 0 Å². The van der Waals surface area contributed by atoms with E-state index in [1.54, 1.807) is 6.92 Å². The molecular weight excluding hydrogens is 260 g/mol. The van der Waals surface area contributed by atoms with Crippen LogP contribution in [0.1, 0.15) is 21.7 Å². The topological polar surface area (TPSA) is 92.4 Å². The van der Waals surface area contributed by atoms with Crippen molar-refractivity contribution in [2.75, 3.05) is 0 Å². The summed E-state index contributed by atoms with van der Waals surface area (Å²) in [4.78, 5) is 23.2. The first-order chi connectivity index (χ1) is 9.58. The minimum absolute atomic E-state index is 0.0318. The Labute approximate surface area is 115 Å². The first-order valence-electron chi connectivity index (χ1n) is 6.07. The standard InChI is InChI=1S/C14H14N2O4/c1-9-8-15-20-12(9)13(17)16-11(14(18)19)7-10-5-3-2-4-6-10/h2-6,8,11H,7H2,1H3,(H,16,17)(H,18,19)/t11-/m1/s1. The number of hydrogen-bond acceptors (Lipinski definition) is 4. The fourth-order valence-corrected chi connectivity index (χ4v) is 1.78. The Hall–Kier alpha value is -2.63. The molecule has 0 bridgehead atoms. The Balaban J connectivity index is 2.09. The first kappa shape index (κ1) is 13.8. The van der Waals surface area contributed by atoms with Crippen molar-refractivity contribution in [1.82, 2.24) is 10.5 Å². The van der Waals surface area contributed by atoms with Crippen molar-refractivity contribution >= 4 is 11.9 Å². The van der Waals surface area contributed by atoms with Crippen LogP contribution >= 0.6 is 0 Å². The number of nitrogens with zero attached hydrogens (tertiary/aromatic N) is 1. The van der Waals surface area contributed by atoms with Crippen molar-refractivity contribution in [2.24, 2.45) is 0 Å². The maximum absolute atomic E-state index is 11.9. The number of aryl methyl sites for hydroxylation is 1. The zero-order chi connectivity index (χ0) is 14.5. The number of carbonyl (C=O) groups excluding carboxylic acids is 1. The Bertz CT molecular complexity index is 607. The summed E-state index contributed by atoms with van der Waals surface area (Å²) in [6, 6.07) is 8.07. The molecule has 0 spiro atoms. The molecule has 0 saturated heterocycles. The van der Waals surface area contributed by atoms with Gasteiger partial charge in [-0.15, -0.1) is 0 Å². The molecule has 2 N–H and O–H groups in total. The maximum atomic E-state index is 11.9. The van der Waals surface area contributed by atoms with Crippen LogP contribution in [-0.2, 0) is 11.2 Å². The summed E-state index contributed by atoms with van der Waals surface area (Å²) < 4.78 is 4.80. The molecule has 1 heterocycles. The number of aliphatic carboxylic acids is 1. The summed E-state index contributed by atoms with van der Waals surface area (Å²) in [5.74, 6) is -1.65. The Morgan fingerprint density at radius 2 is 2.05 bits per heavy atom. The molecule has 0 fully saturated rings. The van der Waals surface area contributed by atoms with Gasteiger partial charge in [0.25, 0.3) is 5.91 Å². The Morgan fingerprint density at radius 1 is 1.35 bits per heavy atom. The molecule has 6 heteroatoms. The lowest BCUT2D eigenvalue weighted by molar-refractivity contribution is -0.139. The van der Waals surface area contributed by atoms with E-state index < -0.39 is 17.9 Å². The van der Waals surface area contributed by atoms with Gasteiger partial charge in [0, 0.05) is 12.0 Å². The number of aromatic nitrogens is 1. The summed E-state index contributed by atoms with van der Waals surface area (Å²) in [5, 5.41) is 15.1. The zero-order valence-electron chi connectivity index (χ0n) is 10.9. The molecule has 0 aliphatic heterocycles. The summed E-state index contributed by atoms with van der Waals surface area (Å²) in [7, 11) is 0. The highest BCUT2D eigenvalue weighted by Crippen LogP contribution is 2.08. The summed E-state index contributed by atoms with van der Waals surface area (Å²) in [5.41, 5.74) is 1.39. The number of carboxylic acids is 1. The van der Waals surface area contributed by atoms with Gasteiger partial charge in [0.1, 0.15) is 6.04 Å². The normalized spacial score (nSPS) is 11.8. The molecule has 0 aliphatic rings. The van der Waals surface area contributed by atoms with Crippen molar-refractivity contribution in [3.05, 3.63) is 53.4 Å². The van der Waals surface area contributed by atoms with Crippen LogP contribution in [0, 0.1) is 6.92 Å². The van der Waals surface area contributed by atoms with Crippen LogP contribution in [0.25, 0.3) is 0 Å². The lowest BCUT2D eigenvalue weighted by atomic mass is 10.1. The van der Waals surface area contributed by atoms with Crippen LogP contribution in [0.3, 0.4) is 0 Å². The molecule has 1 aromatic carbocycles. The van der Waals surface area contributed by atoms with E-state index in [0.717, 1.165) is 5.56 Å². The number of amides is 1. The van der Waals surface area contributed by atoms with Gasteiger partial charge >= 0.3 is 5.97 Å². The van der Waals surface area contributed by atoms with Gasteiger partial charge in [-0.25, -0.2) is 4.79 Å². The third kappa shape index (κ3) is 3.23. The second-order valence-electron chi connectivity index (χ2n) is 4.39. The molecule has 0 radical (unpaired) electrons. The van der Waals surface area contributed by atoms with Gasteiger partial charge in [-0.1, -0.05) is 35.5 Å². The molecule has 0 aliphatic carbocycles. The highest BCUT2D eigenvalue weighted by molar-refractivity contribution is 5.95. The van der Waals surface area contributed by atoms with Gasteiger partial charge in [-0.2, -0.15) is 0 Å². The fraction of sp³-hybridized carbons (Fsp3) is 0.214. The van der Waals surface area contributed by atoms with Crippen molar-refractivity contribution in [3.63, 3.8) is 0 Å². The largest absolute Gasteiger partial charge is 0.480 e. The molecule has 0 saturated carbocycles. The van der Waals surface area contributed by atoms with E-state index in [0.29, 0.717) is 5.56 Å². The number of carbonyl (C=O) groups is 2. The number of rotatable bonds is 5. The van der Waals surface area contributed by atoms with Crippen LogP contribution in [0.2, 0.25) is 0 Å². The van der Waals surface area contributed by atoms with Gasteiger partial charge in [-0.05, 0) is 12.5 Å². The number of nitrogens with one attached hydrogen (secondary N) is 1. The average Bonchev–Trinajstić information content (AvgIpc) is 2.85. The number of carboxylic acid groups (broad SMARTS) is 1. The minimum Gasteiger partial charge on any atom is -0.480 e. The van der Waals surface area contributed by atoms with Gasteiger partial charge in [0.15, 0.2) is 0 Å². The van der Waals surface area contributed by atoms with Crippen LogP contribution < -0.4 is 5.32 Å². The van der Waals surface area contributed by atoms with Crippen molar-refractivity contribution in [1.29, 1.82) is 0 Å². The van der Waals surface area contributed by atoms with Crippen LogP contribution in [0.15, 0.2) is 41.1 Å². The molecule has 2 rings (SSSR count). The third-order valence-electron chi connectivity index (χ3n) is 2.84. The minimum atomic E-state index is -1.10. The quantitative estimate of drug-likeness (QED) is 0.860. The van der Waals surface area contributed by atoms with E-state index in [2.05, 4.69) is 10.5 Å². The van der Waals surface area contributed by atoms with Crippen LogP contribution in [0.4, 0.5) is 0 Å². The van der Waals surface area contributed by atoms with Gasteiger partial charge in [0.05, 0.1) is 6.20 Å². The molecule has 1 aromatic heterocycles. The van der Waals surface area contributed by atoms with Crippen molar-refractivity contribution in [3.8, 4) is 0 Å². The van der Waals surface area contributed by atoms with E-state index in [1.165, 1.54) is 6.20 Å². The predicted molar refractivity (Wildman–Crippen MR) is 70.3 cm³/mol. The van der Waals surface area contributed by atoms with Crippen molar-refractivity contribution in [2.45, 2.75) is 19.4 Å². The molecule has 6 nitrogen and oxygen atoms in total. The number of hydrogen-bond donors (Lipinski definition) is 2. The summed E-state index contributed by atoms with van der Waals surface area (Å²) in [6.07, 6.45) is 1.61. The summed E-state index contributed by atoms with van der Waals surface area (Å²) in [6.45, 7) is 1.67. The number of benzene rings is 1. The van der Waals surface area contributed by atoms with E-state index in [4.69, 9.17) is 4.52 Å². The highest BCUT2D eigenvalue weighted by Gasteiger charge is 2.23. The molecule has 20 heavy (non-hydrogen) atoms. The summed E-state index contributed by atoms with van der Waals surface area (Å²) >= 11 is 0. The van der Waals surface area contributed by atoms with E-state index >= 15 is 0 Å². The monoisotopic (exact) mass is 274 g/mol. The second-order valence-corrected chi connectivity index (χ2v) is 4.39. The van der Waals surface area contributed by atoms with E-state index in [9.17, 15) is 14.7 Å². The predicted octanol–water partition coefficient (Wildman–Crippen LogP) is 1.41. The van der Waals surface area contributed by atoms with Crippen LogP contribution in [-0.4, -0.2) is 28.2 Å². The molecule has 0 unspecified atom stereocenters. The molecule has 1 atom stereocenters. The first-order valence-corrected chi connectivity index (χ1v) is 6.07. The average molecular weight is 274 g/mol. The lowest BCUT2D eigenvalue weighted by Gasteiger charge is -2.13. The van der Waals surface area contributed by atoms with Gasteiger partial charge in [0.2, 0.25) is 5.76 Å². The third-order valence-corrected chi connectivity index (χ3v) is 2.84. The zero-order valence-corrected chi connectivity index (χ0v) is 10.9. The maximum Gasteiger partial charge on any atom is 0.326 e. The SMILES string of the molecule is Cc1cnoc1C(=O)N[C@H](Cc1ccccc1)C(=O)O.